The van der Waals surface area contributed by atoms with E-state index in [9.17, 15) is 18.4 Å². The van der Waals surface area contributed by atoms with Gasteiger partial charge in [0, 0.05) is 5.56 Å². The van der Waals surface area contributed by atoms with E-state index in [1.807, 2.05) is 13.8 Å². The number of aryl methyl sites for hydroxylation is 1. The highest BCUT2D eigenvalue weighted by atomic mass is 32.2. The van der Waals surface area contributed by atoms with Crippen LogP contribution < -0.4 is 4.74 Å². The first kappa shape index (κ1) is 23.1. The van der Waals surface area contributed by atoms with Gasteiger partial charge in [-0.05, 0) is 61.3 Å². The van der Waals surface area contributed by atoms with Crippen LogP contribution in [0.3, 0.4) is 0 Å². The molecule has 0 aliphatic carbocycles. The van der Waals surface area contributed by atoms with Gasteiger partial charge in [-0.3, -0.25) is 0 Å². The molecule has 0 saturated heterocycles. The maximum Gasteiger partial charge on any atom is 0.417 e. The topological polar surface area (TPSA) is 45.9 Å². The van der Waals surface area contributed by atoms with Crippen LogP contribution >= 0.6 is 11.8 Å². The quantitative estimate of drug-likeness (QED) is 0.435. The number of benzene rings is 1. The molecule has 2 rings (SSSR count). The molecule has 0 spiro atoms. The highest BCUT2D eigenvalue weighted by molar-refractivity contribution is 7.99. The molecule has 0 saturated carbocycles. The van der Waals surface area contributed by atoms with Gasteiger partial charge in [-0.25, -0.2) is 4.98 Å². The largest absolute Gasteiger partial charge is 0.493 e. The number of nitrogens with zero attached hydrogens (tertiary/aromatic N) is 2. The van der Waals surface area contributed by atoms with E-state index >= 15 is 0 Å². The first-order valence-electron chi connectivity index (χ1n) is 9.56. The van der Waals surface area contributed by atoms with Crippen LogP contribution in [-0.2, 0) is 6.18 Å². The molecule has 0 aliphatic rings. The zero-order valence-electron chi connectivity index (χ0n) is 17.1. The lowest BCUT2D eigenvalue weighted by Crippen LogP contribution is -2.10. The third-order valence-electron chi connectivity index (χ3n) is 4.27. The van der Waals surface area contributed by atoms with Gasteiger partial charge in [0.1, 0.15) is 16.8 Å². The molecule has 1 heterocycles. The summed E-state index contributed by atoms with van der Waals surface area (Å²) >= 11 is 1.17. The number of hydrogen-bond donors (Lipinski definition) is 0. The van der Waals surface area contributed by atoms with Crippen LogP contribution in [0, 0.1) is 24.2 Å². The number of hydrogen-bond acceptors (Lipinski definition) is 4. The van der Waals surface area contributed by atoms with E-state index in [1.165, 1.54) is 11.8 Å². The smallest absolute Gasteiger partial charge is 0.417 e. The molecular weight excluding hydrogens is 397 g/mol. The van der Waals surface area contributed by atoms with E-state index in [-0.39, 0.29) is 10.7 Å². The summed E-state index contributed by atoms with van der Waals surface area (Å²) < 4.78 is 46.5. The minimum absolute atomic E-state index is 0.120. The van der Waals surface area contributed by atoms with Crippen LogP contribution in [0.4, 0.5) is 13.2 Å². The fraction of sp³-hybridized carbons (Fsp3) is 0.455. The van der Waals surface area contributed by atoms with Gasteiger partial charge in [-0.1, -0.05) is 20.8 Å². The monoisotopic (exact) mass is 422 g/mol. The van der Waals surface area contributed by atoms with E-state index < -0.39 is 17.3 Å². The summed E-state index contributed by atoms with van der Waals surface area (Å²) in [5, 5.41) is 9.42. The summed E-state index contributed by atoms with van der Waals surface area (Å²) in [7, 11) is 0. The maximum atomic E-state index is 13.6. The first-order valence-corrected chi connectivity index (χ1v) is 10.5. The molecule has 0 N–H and O–H groups in total. The van der Waals surface area contributed by atoms with E-state index in [0.717, 1.165) is 24.5 Å². The van der Waals surface area contributed by atoms with E-state index in [4.69, 9.17) is 4.74 Å². The fourth-order valence-corrected chi connectivity index (χ4v) is 3.54. The summed E-state index contributed by atoms with van der Waals surface area (Å²) in [5.74, 6) is 1.82. The van der Waals surface area contributed by atoms with Gasteiger partial charge in [0.2, 0.25) is 0 Å². The standard InChI is InChI=1S/C22H25F3N2OS/c1-5-10-29-21-17(13-26)18(22(23,24)25)12-19(27-21)16-6-7-20(15(4)11-16)28-9-8-14(2)3/h6-7,11-12,14H,5,8-10H2,1-4H3. The van der Waals surface area contributed by atoms with Crippen LogP contribution in [0.1, 0.15) is 50.3 Å². The Kier molecular flexibility index (Phi) is 7.97. The van der Waals surface area contributed by atoms with E-state index in [2.05, 4.69) is 18.8 Å². The molecule has 0 fully saturated rings. The predicted octanol–water partition coefficient (Wildman–Crippen LogP) is 6.87. The van der Waals surface area contributed by atoms with Gasteiger partial charge in [0.15, 0.2) is 0 Å². The molecule has 0 atom stereocenters. The number of nitriles is 1. The third kappa shape index (κ3) is 6.14. The van der Waals surface area contributed by atoms with Crippen molar-refractivity contribution in [1.82, 2.24) is 4.98 Å². The molecule has 0 amide bonds. The van der Waals surface area contributed by atoms with Crippen molar-refractivity contribution in [1.29, 1.82) is 5.26 Å². The summed E-state index contributed by atoms with van der Waals surface area (Å²) in [5.41, 5.74) is 0.233. The third-order valence-corrected chi connectivity index (χ3v) is 5.45. The maximum absolute atomic E-state index is 13.6. The van der Waals surface area contributed by atoms with Crippen LogP contribution in [0.15, 0.2) is 29.3 Å². The minimum Gasteiger partial charge on any atom is -0.493 e. The van der Waals surface area contributed by atoms with Crippen LogP contribution in [-0.4, -0.2) is 17.3 Å². The molecule has 0 aliphatic heterocycles. The first-order chi connectivity index (χ1) is 13.7. The van der Waals surface area contributed by atoms with Crippen molar-refractivity contribution in [3.63, 3.8) is 0 Å². The molecule has 1 aromatic heterocycles. The predicted molar refractivity (Wildman–Crippen MR) is 110 cm³/mol. The van der Waals surface area contributed by atoms with E-state index in [0.29, 0.717) is 29.6 Å². The Labute approximate surface area is 174 Å². The highest BCUT2D eigenvalue weighted by Gasteiger charge is 2.36. The molecule has 0 bridgehead atoms. The molecule has 2 aromatic rings. The van der Waals surface area contributed by atoms with Crippen molar-refractivity contribution in [3.05, 3.63) is 41.0 Å². The number of thioether (sulfide) groups is 1. The van der Waals surface area contributed by atoms with Crippen molar-refractivity contribution in [3.8, 4) is 23.1 Å². The van der Waals surface area contributed by atoms with Gasteiger partial charge in [0.25, 0.3) is 0 Å². The SMILES string of the molecule is CCCSc1nc(-c2ccc(OCCC(C)C)c(C)c2)cc(C(F)(F)F)c1C#N. The second kappa shape index (κ2) is 10.0. The lowest BCUT2D eigenvalue weighted by molar-refractivity contribution is -0.138. The van der Waals surface area contributed by atoms with Crippen LogP contribution in [0.5, 0.6) is 5.75 Å². The van der Waals surface area contributed by atoms with Crippen molar-refractivity contribution in [2.45, 2.75) is 51.7 Å². The van der Waals surface area contributed by atoms with E-state index in [1.54, 1.807) is 24.3 Å². The molecule has 3 nitrogen and oxygen atoms in total. The van der Waals surface area contributed by atoms with Gasteiger partial charge in [-0.15, -0.1) is 11.8 Å². The molecule has 7 heteroatoms. The molecule has 0 radical (unpaired) electrons. The zero-order valence-corrected chi connectivity index (χ0v) is 17.9. The zero-order chi connectivity index (χ0) is 21.6. The van der Waals surface area contributed by atoms with Crippen molar-refractivity contribution >= 4 is 11.8 Å². The number of aromatic nitrogens is 1. The lowest BCUT2D eigenvalue weighted by atomic mass is 10.0. The summed E-state index contributed by atoms with van der Waals surface area (Å²) in [6.45, 7) is 8.59. The summed E-state index contributed by atoms with van der Waals surface area (Å²) in [6, 6.07) is 7.89. The number of ether oxygens (including phenoxy) is 1. The Bertz CT molecular complexity index is 889. The van der Waals surface area contributed by atoms with Crippen molar-refractivity contribution < 1.29 is 17.9 Å². The number of alkyl halides is 3. The molecule has 0 unspecified atom stereocenters. The van der Waals surface area contributed by atoms with Crippen LogP contribution in [0.25, 0.3) is 11.3 Å². The van der Waals surface area contributed by atoms with Gasteiger partial charge < -0.3 is 4.74 Å². The second-order valence-corrected chi connectivity index (χ2v) is 8.29. The summed E-state index contributed by atoms with van der Waals surface area (Å²) in [6.07, 6.45) is -2.94. The normalized spacial score (nSPS) is 11.6. The Morgan fingerprint density at radius 1 is 1.24 bits per heavy atom. The summed E-state index contributed by atoms with van der Waals surface area (Å²) in [4.78, 5) is 4.38. The molecule has 1 aromatic carbocycles. The average molecular weight is 423 g/mol. The van der Waals surface area contributed by atoms with Gasteiger partial charge >= 0.3 is 6.18 Å². The molecular formula is C22H25F3N2OS. The fourth-order valence-electron chi connectivity index (χ4n) is 2.68. The number of rotatable bonds is 8. The Balaban J connectivity index is 2.45. The molecule has 29 heavy (non-hydrogen) atoms. The Morgan fingerprint density at radius 2 is 1.97 bits per heavy atom. The number of halogens is 3. The van der Waals surface area contributed by atoms with Gasteiger partial charge in [-0.2, -0.15) is 18.4 Å². The minimum atomic E-state index is -4.63. The van der Waals surface area contributed by atoms with Crippen molar-refractivity contribution in [2.24, 2.45) is 5.92 Å². The Hall–Kier alpha value is -2.20. The molecule has 156 valence electrons. The average Bonchev–Trinajstić information content (AvgIpc) is 2.65. The second-order valence-electron chi connectivity index (χ2n) is 7.20. The highest BCUT2D eigenvalue weighted by Crippen LogP contribution is 2.38. The van der Waals surface area contributed by atoms with Gasteiger partial charge in [0.05, 0.1) is 23.4 Å². The Morgan fingerprint density at radius 3 is 2.52 bits per heavy atom. The number of pyridine rings is 1. The van der Waals surface area contributed by atoms with Crippen molar-refractivity contribution in [2.75, 3.05) is 12.4 Å². The lowest BCUT2D eigenvalue weighted by Gasteiger charge is -2.15. The van der Waals surface area contributed by atoms with Crippen LogP contribution in [0.2, 0.25) is 0 Å².